The first-order chi connectivity index (χ1) is 13.5. The maximum Gasteiger partial charge on any atom is 0.306 e. The van der Waals surface area contributed by atoms with E-state index in [0.29, 0.717) is 39.9 Å². The summed E-state index contributed by atoms with van der Waals surface area (Å²) < 4.78 is 31.8. The molecule has 28 heavy (non-hydrogen) atoms. The third kappa shape index (κ3) is 3.58. The van der Waals surface area contributed by atoms with Crippen LogP contribution >= 0.6 is 0 Å². The van der Waals surface area contributed by atoms with Crippen molar-refractivity contribution in [2.24, 2.45) is 0 Å². The Kier molecular flexibility index (Phi) is 5.67. The van der Waals surface area contributed by atoms with Gasteiger partial charge >= 0.3 is 5.97 Å². The number of carbonyl (C=O) groups is 1. The van der Waals surface area contributed by atoms with Crippen LogP contribution in [0.15, 0.2) is 24.3 Å². The minimum absolute atomic E-state index is 0.0322. The summed E-state index contributed by atoms with van der Waals surface area (Å²) in [5.74, 6) is 1.29. The zero-order valence-corrected chi connectivity index (χ0v) is 16.1. The van der Waals surface area contributed by atoms with Crippen LogP contribution in [-0.2, 0) is 9.53 Å². The minimum Gasteiger partial charge on any atom is -0.508 e. The molecule has 3 rings (SSSR count). The maximum absolute atomic E-state index is 12.1. The van der Waals surface area contributed by atoms with E-state index in [4.69, 9.17) is 28.4 Å². The minimum atomic E-state index is -0.586. The van der Waals surface area contributed by atoms with Crippen molar-refractivity contribution in [1.29, 1.82) is 0 Å². The Morgan fingerprint density at radius 1 is 0.929 bits per heavy atom. The predicted molar refractivity (Wildman–Crippen MR) is 98.8 cm³/mol. The number of phenols is 1. The third-order valence-electron chi connectivity index (χ3n) is 4.61. The third-order valence-corrected chi connectivity index (χ3v) is 4.61. The first-order valence-corrected chi connectivity index (χ1v) is 8.51. The number of aromatic hydroxyl groups is 1. The summed E-state index contributed by atoms with van der Waals surface area (Å²) in [7, 11) is 5.86. The van der Waals surface area contributed by atoms with Gasteiger partial charge in [0.15, 0.2) is 23.0 Å². The van der Waals surface area contributed by atoms with Crippen molar-refractivity contribution in [1.82, 2.24) is 0 Å². The van der Waals surface area contributed by atoms with Crippen LogP contribution in [0.2, 0.25) is 0 Å². The van der Waals surface area contributed by atoms with Crippen LogP contribution in [0, 0.1) is 0 Å². The van der Waals surface area contributed by atoms with Gasteiger partial charge in [-0.05, 0) is 12.1 Å². The van der Waals surface area contributed by atoms with E-state index in [1.54, 1.807) is 18.2 Å². The van der Waals surface area contributed by atoms with Crippen LogP contribution in [0.25, 0.3) is 0 Å². The zero-order valence-electron chi connectivity index (χ0n) is 16.1. The molecule has 2 aromatic carbocycles. The van der Waals surface area contributed by atoms with Crippen molar-refractivity contribution in [3.05, 3.63) is 35.4 Å². The largest absolute Gasteiger partial charge is 0.508 e. The second-order valence-electron chi connectivity index (χ2n) is 6.05. The normalized spacial score (nSPS) is 13.0. The number of ether oxygens (including phenoxy) is 6. The summed E-state index contributed by atoms with van der Waals surface area (Å²) in [5.41, 5.74) is 1.10. The lowest BCUT2D eigenvalue weighted by Gasteiger charge is -2.22. The monoisotopic (exact) mass is 390 g/mol. The molecule has 0 unspecified atom stereocenters. The molecule has 2 aromatic rings. The Morgan fingerprint density at radius 2 is 1.54 bits per heavy atom. The molecule has 0 saturated carbocycles. The fourth-order valence-electron chi connectivity index (χ4n) is 3.19. The summed E-state index contributed by atoms with van der Waals surface area (Å²) >= 11 is 0. The van der Waals surface area contributed by atoms with E-state index >= 15 is 0 Å². The molecule has 0 aliphatic carbocycles. The first-order valence-electron chi connectivity index (χ1n) is 8.51. The van der Waals surface area contributed by atoms with Crippen LogP contribution in [0.1, 0.15) is 23.5 Å². The standard InChI is InChI=1S/C20H22O8/c1-23-15-9-17(25-3)16(24-2)6-13(15)11(7-20(22)26-4)12-5-18-19(8-14(12)21)28-10-27-18/h5-6,8-9,11,21H,7,10H2,1-4H3/t11-/m1/s1. The molecule has 1 N–H and O–H groups in total. The first kappa shape index (κ1) is 19.5. The SMILES string of the molecule is COC(=O)C[C@H](c1cc2c(cc1O)OCO2)c1cc(OC)c(OC)cc1OC. The van der Waals surface area contributed by atoms with E-state index in [0.717, 1.165) is 0 Å². The number of hydrogen-bond donors (Lipinski definition) is 1. The number of methoxy groups -OCH3 is 4. The van der Waals surface area contributed by atoms with Gasteiger partial charge in [-0.25, -0.2) is 0 Å². The second kappa shape index (κ2) is 8.16. The molecule has 0 fully saturated rings. The molecule has 1 aliphatic rings. The van der Waals surface area contributed by atoms with Gasteiger partial charge in [-0.1, -0.05) is 0 Å². The Hall–Kier alpha value is -3.29. The van der Waals surface area contributed by atoms with Crippen molar-refractivity contribution in [3.63, 3.8) is 0 Å². The van der Waals surface area contributed by atoms with Gasteiger partial charge < -0.3 is 33.5 Å². The molecule has 8 nitrogen and oxygen atoms in total. The van der Waals surface area contributed by atoms with E-state index < -0.39 is 11.9 Å². The predicted octanol–water partition coefficient (Wildman–Crippen LogP) is 2.84. The molecule has 0 aromatic heterocycles. The fraction of sp³-hybridized carbons (Fsp3) is 0.350. The van der Waals surface area contributed by atoms with Gasteiger partial charge in [-0.2, -0.15) is 0 Å². The molecule has 0 spiro atoms. The molecule has 1 aliphatic heterocycles. The lowest BCUT2D eigenvalue weighted by molar-refractivity contribution is -0.140. The molecule has 1 atom stereocenters. The number of hydrogen-bond acceptors (Lipinski definition) is 8. The quantitative estimate of drug-likeness (QED) is 0.722. The zero-order chi connectivity index (χ0) is 20.3. The molecule has 0 bridgehead atoms. The Labute approximate surface area is 162 Å². The van der Waals surface area contributed by atoms with Crippen LogP contribution in [0.4, 0.5) is 0 Å². The van der Waals surface area contributed by atoms with E-state index in [2.05, 4.69) is 0 Å². The van der Waals surface area contributed by atoms with Gasteiger partial charge in [0.05, 0.1) is 34.9 Å². The summed E-state index contributed by atoms with van der Waals surface area (Å²) in [6, 6.07) is 6.51. The number of benzene rings is 2. The van der Waals surface area contributed by atoms with Gasteiger partial charge in [0.2, 0.25) is 6.79 Å². The smallest absolute Gasteiger partial charge is 0.306 e. The molecule has 150 valence electrons. The van der Waals surface area contributed by atoms with Gasteiger partial charge in [0.1, 0.15) is 11.5 Å². The van der Waals surface area contributed by atoms with Crippen molar-refractivity contribution in [2.75, 3.05) is 35.2 Å². The van der Waals surface area contributed by atoms with Crippen molar-refractivity contribution >= 4 is 5.97 Å². The van der Waals surface area contributed by atoms with Crippen molar-refractivity contribution in [3.8, 4) is 34.5 Å². The highest BCUT2D eigenvalue weighted by Crippen LogP contribution is 2.47. The van der Waals surface area contributed by atoms with E-state index in [1.165, 1.54) is 34.5 Å². The number of esters is 1. The number of carbonyl (C=O) groups excluding carboxylic acids is 1. The second-order valence-corrected chi connectivity index (χ2v) is 6.05. The molecule has 8 heteroatoms. The summed E-state index contributed by atoms with van der Waals surface area (Å²) in [6.07, 6.45) is -0.0322. The number of phenolic OH excluding ortho intramolecular Hbond substituents is 1. The fourth-order valence-corrected chi connectivity index (χ4v) is 3.19. The molecule has 0 amide bonds. The maximum atomic E-state index is 12.1. The average molecular weight is 390 g/mol. The van der Waals surface area contributed by atoms with Gasteiger partial charge in [0.25, 0.3) is 0 Å². The van der Waals surface area contributed by atoms with Gasteiger partial charge in [-0.3, -0.25) is 4.79 Å². The molecular formula is C20H22O8. The van der Waals surface area contributed by atoms with E-state index in [1.807, 2.05) is 0 Å². The van der Waals surface area contributed by atoms with Gasteiger partial charge in [0, 0.05) is 29.2 Å². The Bertz CT molecular complexity index is 877. The molecular weight excluding hydrogens is 368 g/mol. The highest BCUT2D eigenvalue weighted by atomic mass is 16.7. The lowest BCUT2D eigenvalue weighted by Crippen LogP contribution is -2.12. The van der Waals surface area contributed by atoms with Crippen molar-refractivity contribution in [2.45, 2.75) is 12.3 Å². The topological polar surface area (TPSA) is 92.7 Å². The number of fused-ring (bicyclic) bond motifs is 1. The summed E-state index contributed by atoms with van der Waals surface area (Å²) in [4.78, 5) is 12.1. The van der Waals surface area contributed by atoms with Crippen LogP contribution in [0.3, 0.4) is 0 Å². The Morgan fingerprint density at radius 3 is 2.14 bits per heavy atom. The van der Waals surface area contributed by atoms with Gasteiger partial charge in [-0.15, -0.1) is 0 Å². The lowest BCUT2D eigenvalue weighted by atomic mass is 9.86. The highest BCUT2D eigenvalue weighted by molar-refractivity contribution is 5.73. The van der Waals surface area contributed by atoms with Crippen LogP contribution < -0.4 is 23.7 Å². The highest BCUT2D eigenvalue weighted by Gasteiger charge is 2.29. The molecule has 1 heterocycles. The summed E-state index contributed by atoms with van der Waals surface area (Å²) in [6.45, 7) is 0.0690. The summed E-state index contributed by atoms with van der Waals surface area (Å²) in [5, 5.41) is 10.6. The average Bonchev–Trinajstić information content (AvgIpc) is 3.17. The Balaban J connectivity index is 2.18. The van der Waals surface area contributed by atoms with Crippen LogP contribution in [-0.4, -0.2) is 46.3 Å². The van der Waals surface area contributed by atoms with E-state index in [9.17, 15) is 9.90 Å². The van der Waals surface area contributed by atoms with Crippen molar-refractivity contribution < 1.29 is 38.3 Å². The van der Waals surface area contributed by atoms with Crippen LogP contribution in [0.5, 0.6) is 34.5 Å². The molecule has 0 radical (unpaired) electrons. The number of rotatable bonds is 7. The van der Waals surface area contributed by atoms with E-state index in [-0.39, 0.29) is 19.0 Å². The molecule has 0 saturated heterocycles.